The van der Waals surface area contributed by atoms with Crippen LogP contribution in [0.1, 0.15) is 24.3 Å². The molecule has 0 bridgehead atoms. The zero-order valence-electron chi connectivity index (χ0n) is 19.0. The Hall–Kier alpha value is -2.82. The van der Waals surface area contributed by atoms with Gasteiger partial charge < -0.3 is 18.8 Å². The zero-order chi connectivity index (χ0) is 24.7. The molecule has 0 aliphatic carbocycles. The summed E-state index contributed by atoms with van der Waals surface area (Å²) in [5.41, 5.74) is 0.900. The van der Waals surface area contributed by atoms with Gasteiger partial charge in [-0.15, -0.1) is 0 Å². The van der Waals surface area contributed by atoms with Gasteiger partial charge in [0, 0.05) is 36.8 Å². The van der Waals surface area contributed by atoms with Crippen LogP contribution in [0.4, 0.5) is 5.88 Å². The largest absolute Gasteiger partial charge is 0.496 e. The molecule has 1 aromatic carbocycles. The van der Waals surface area contributed by atoms with E-state index in [1.165, 1.54) is 30.1 Å². The second-order valence-electron chi connectivity index (χ2n) is 7.66. The fourth-order valence-electron chi connectivity index (χ4n) is 3.79. The number of ether oxygens (including phenoxy) is 2. The van der Waals surface area contributed by atoms with E-state index >= 15 is 0 Å². The quantitative estimate of drug-likeness (QED) is 0.440. The SMILES string of the molecule is COC(=O)C1=C(C)N=c2s/c(=C\c3cc(Br)c(N(C)C)o3)c(=O)n2[C@H]1c1cc(Cl)ccc1OC. The highest BCUT2D eigenvalue weighted by molar-refractivity contribution is 9.10. The Balaban J connectivity index is 2.00. The Bertz CT molecular complexity index is 1500. The maximum absolute atomic E-state index is 13.6. The molecule has 0 saturated carbocycles. The zero-order valence-corrected chi connectivity index (χ0v) is 22.2. The fraction of sp³-hybridized carbons (Fsp3) is 0.261. The van der Waals surface area contributed by atoms with Crippen molar-refractivity contribution in [1.82, 2.24) is 4.57 Å². The molecule has 1 aliphatic rings. The molecule has 34 heavy (non-hydrogen) atoms. The predicted molar refractivity (Wildman–Crippen MR) is 135 cm³/mol. The van der Waals surface area contributed by atoms with Gasteiger partial charge in [-0.3, -0.25) is 9.36 Å². The van der Waals surface area contributed by atoms with Crippen molar-refractivity contribution in [1.29, 1.82) is 0 Å². The molecule has 0 spiro atoms. The van der Waals surface area contributed by atoms with Gasteiger partial charge in [-0.05, 0) is 41.1 Å². The molecular weight excluding hydrogens is 546 g/mol. The second kappa shape index (κ2) is 9.44. The van der Waals surface area contributed by atoms with Crippen LogP contribution in [-0.4, -0.2) is 38.9 Å². The lowest BCUT2D eigenvalue weighted by Crippen LogP contribution is -2.40. The van der Waals surface area contributed by atoms with E-state index in [2.05, 4.69) is 20.9 Å². The summed E-state index contributed by atoms with van der Waals surface area (Å²) in [6.07, 6.45) is 1.66. The number of rotatable bonds is 5. The molecule has 0 amide bonds. The molecule has 3 heterocycles. The molecule has 2 aromatic heterocycles. The van der Waals surface area contributed by atoms with Gasteiger partial charge in [0.2, 0.25) is 5.88 Å². The van der Waals surface area contributed by atoms with Gasteiger partial charge in [-0.2, -0.15) is 0 Å². The first-order valence-corrected chi connectivity index (χ1v) is 12.1. The Kier molecular flexibility index (Phi) is 6.75. The van der Waals surface area contributed by atoms with Crippen molar-refractivity contribution in [2.45, 2.75) is 13.0 Å². The summed E-state index contributed by atoms with van der Waals surface area (Å²) in [5, 5.41) is 0.438. The number of nitrogens with zero attached hydrogens (tertiary/aromatic N) is 3. The number of methoxy groups -OCH3 is 2. The van der Waals surface area contributed by atoms with Crippen LogP contribution in [-0.2, 0) is 9.53 Å². The molecule has 0 N–H and O–H groups in total. The van der Waals surface area contributed by atoms with Gasteiger partial charge in [0.1, 0.15) is 17.6 Å². The minimum Gasteiger partial charge on any atom is -0.496 e. The Morgan fingerprint density at radius 2 is 2.06 bits per heavy atom. The number of aromatic nitrogens is 1. The van der Waals surface area contributed by atoms with Crippen LogP contribution in [0.15, 0.2) is 54.2 Å². The fourth-order valence-corrected chi connectivity index (χ4v) is 5.66. The van der Waals surface area contributed by atoms with Gasteiger partial charge in [0.25, 0.3) is 5.56 Å². The van der Waals surface area contributed by atoms with Crippen LogP contribution >= 0.6 is 38.9 Å². The highest BCUT2D eigenvalue weighted by Crippen LogP contribution is 2.37. The first-order valence-electron chi connectivity index (χ1n) is 10.1. The number of carbonyl (C=O) groups is 1. The number of allylic oxidation sites excluding steroid dienone is 1. The van der Waals surface area contributed by atoms with Crippen LogP contribution in [0.5, 0.6) is 5.75 Å². The van der Waals surface area contributed by atoms with Crippen LogP contribution in [0, 0.1) is 0 Å². The van der Waals surface area contributed by atoms with Gasteiger partial charge >= 0.3 is 5.97 Å². The number of halogens is 2. The highest BCUT2D eigenvalue weighted by Gasteiger charge is 2.35. The number of hydrogen-bond donors (Lipinski definition) is 0. The van der Waals surface area contributed by atoms with E-state index < -0.39 is 12.0 Å². The van der Waals surface area contributed by atoms with Crippen molar-refractivity contribution < 1.29 is 18.7 Å². The number of anilines is 1. The lowest BCUT2D eigenvalue weighted by atomic mass is 9.95. The lowest BCUT2D eigenvalue weighted by molar-refractivity contribution is -0.136. The van der Waals surface area contributed by atoms with Crippen molar-refractivity contribution >= 4 is 56.8 Å². The molecule has 4 rings (SSSR count). The van der Waals surface area contributed by atoms with Crippen LogP contribution in [0.3, 0.4) is 0 Å². The standard InChI is InChI=1S/C23H21BrClN3O5S/c1-11-18(22(30)32-5)19(14-8-12(25)6-7-16(14)31-4)28-20(29)17(34-23(28)26-11)10-13-9-15(24)21(33-13)27(2)3/h6-10,19H,1-5H3/b17-10-/t19-/m0/s1. The van der Waals surface area contributed by atoms with E-state index in [0.717, 1.165) is 4.47 Å². The minimum absolute atomic E-state index is 0.234. The van der Waals surface area contributed by atoms with Gasteiger partial charge in [-0.1, -0.05) is 22.9 Å². The number of thiazole rings is 1. The van der Waals surface area contributed by atoms with Gasteiger partial charge in [0.05, 0.1) is 34.5 Å². The second-order valence-corrected chi connectivity index (χ2v) is 9.96. The number of fused-ring (bicyclic) bond motifs is 1. The highest BCUT2D eigenvalue weighted by atomic mass is 79.9. The summed E-state index contributed by atoms with van der Waals surface area (Å²) >= 11 is 11.0. The number of benzene rings is 1. The van der Waals surface area contributed by atoms with Crippen molar-refractivity contribution in [2.24, 2.45) is 4.99 Å². The summed E-state index contributed by atoms with van der Waals surface area (Å²) < 4.78 is 19.1. The molecule has 0 unspecified atom stereocenters. The number of hydrogen-bond acceptors (Lipinski definition) is 8. The average Bonchev–Trinajstić information content (AvgIpc) is 3.31. The topological polar surface area (TPSA) is 86.3 Å². The summed E-state index contributed by atoms with van der Waals surface area (Å²) in [7, 11) is 6.52. The Morgan fingerprint density at radius 1 is 1.32 bits per heavy atom. The molecule has 0 saturated heterocycles. The molecule has 178 valence electrons. The van der Waals surface area contributed by atoms with Crippen LogP contribution in [0.2, 0.25) is 5.02 Å². The number of esters is 1. The molecule has 0 fully saturated rings. The number of carbonyl (C=O) groups excluding carboxylic acids is 1. The van der Waals surface area contributed by atoms with Crippen molar-refractivity contribution in [2.75, 3.05) is 33.2 Å². The third-order valence-electron chi connectivity index (χ3n) is 5.28. The van der Waals surface area contributed by atoms with Gasteiger partial charge in [-0.25, -0.2) is 9.79 Å². The lowest BCUT2D eigenvalue weighted by Gasteiger charge is -2.25. The average molecular weight is 567 g/mol. The smallest absolute Gasteiger partial charge is 0.338 e. The molecule has 0 radical (unpaired) electrons. The minimum atomic E-state index is -0.833. The van der Waals surface area contributed by atoms with Crippen LogP contribution in [0.25, 0.3) is 6.08 Å². The van der Waals surface area contributed by atoms with E-state index in [-0.39, 0.29) is 11.1 Å². The van der Waals surface area contributed by atoms with Crippen molar-refractivity contribution in [3.05, 3.63) is 76.0 Å². The predicted octanol–water partition coefficient (Wildman–Crippen LogP) is 3.49. The van der Waals surface area contributed by atoms with Gasteiger partial charge in [0.15, 0.2) is 4.80 Å². The third-order valence-corrected chi connectivity index (χ3v) is 7.07. The maximum atomic E-state index is 13.6. The normalized spacial score (nSPS) is 15.7. The van der Waals surface area contributed by atoms with E-state index in [0.29, 0.717) is 43.0 Å². The van der Waals surface area contributed by atoms with E-state index in [1.54, 1.807) is 37.3 Å². The summed E-state index contributed by atoms with van der Waals surface area (Å²) in [4.78, 5) is 33.3. The molecule has 11 heteroatoms. The first kappa shape index (κ1) is 24.3. The Morgan fingerprint density at radius 3 is 2.68 bits per heavy atom. The van der Waals surface area contributed by atoms with E-state index in [4.69, 9.17) is 25.5 Å². The summed E-state index contributed by atoms with van der Waals surface area (Å²) in [6.45, 7) is 1.71. The molecular formula is C23H21BrClN3O5S. The van der Waals surface area contributed by atoms with Crippen molar-refractivity contribution in [3.8, 4) is 5.75 Å². The Labute approximate surface area is 212 Å². The molecule has 8 nitrogen and oxygen atoms in total. The van der Waals surface area contributed by atoms with E-state index in [1.807, 2.05) is 19.0 Å². The van der Waals surface area contributed by atoms with Crippen LogP contribution < -0.4 is 24.5 Å². The first-order chi connectivity index (χ1) is 16.2. The third kappa shape index (κ3) is 4.21. The molecule has 3 aromatic rings. The maximum Gasteiger partial charge on any atom is 0.338 e. The van der Waals surface area contributed by atoms with Crippen molar-refractivity contribution in [3.63, 3.8) is 0 Å². The number of furan rings is 1. The molecule has 1 aliphatic heterocycles. The van der Waals surface area contributed by atoms with E-state index in [9.17, 15) is 9.59 Å². The summed E-state index contributed by atoms with van der Waals surface area (Å²) in [6, 6.07) is 6.01. The molecule has 1 atom stereocenters. The monoisotopic (exact) mass is 565 g/mol. The summed E-state index contributed by atoms with van der Waals surface area (Å²) in [5.74, 6) is 1.02.